The van der Waals surface area contributed by atoms with Crippen molar-refractivity contribution in [2.24, 2.45) is 0 Å². The summed E-state index contributed by atoms with van der Waals surface area (Å²) in [5.74, 6) is 0. The molecule has 20 valence electrons. The Morgan fingerprint density at radius 2 is 1.50 bits per heavy atom. The van der Waals surface area contributed by atoms with Crippen LogP contribution in [0.3, 0.4) is 0 Å². The van der Waals surface area contributed by atoms with Gasteiger partial charge >= 0.3 is 45.9 Å². The molecule has 0 aromatic heterocycles. The molecule has 0 radical (unpaired) electrons. The van der Waals surface area contributed by atoms with E-state index in [4.69, 9.17) is 23.2 Å². The predicted molar refractivity (Wildman–Crippen MR) is 16.7 cm³/mol. The van der Waals surface area contributed by atoms with Crippen molar-refractivity contribution >= 4 is 25.9 Å². The Hall–Kier alpha value is 1.16. The van der Waals surface area contributed by atoms with Gasteiger partial charge in [-0.15, -0.1) is 0 Å². The molecule has 0 heterocycles. The van der Waals surface area contributed by atoms with Crippen molar-refractivity contribution in [1.82, 2.24) is 0 Å². The number of rotatable bonds is 0. The second kappa shape index (κ2) is 2.40. The molecule has 0 saturated heterocycles. The molecule has 0 saturated carbocycles. The minimum absolute atomic E-state index is 0.361. The van der Waals surface area contributed by atoms with Crippen LogP contribution in [0.1, 0.15) is 0 Å². The van der Waals surface area contributed by atoms with Gasteiger partial charge in [-0.1, -0.05) is 0 Å². The Bertz CT molecular complexity index is 29.0. The molecule has 0 amide bonds. The summed E-state index contributed by atoms with van der Waals surface area (Å²) >= 11 is 11.5. The van der Waals surface area contributed by atoms with Crippen LogP contribution < -0.4 is 0 Å². The molecule has 0 aromatic rings. The van der Waals surface area contributed by atoms with Crippen LogP contribution in [0.4, 0.5) is 0 Å². The Balaban J connectivity index is 2.80. The molecular weight excluding hydrogens is 131 g/mol. The van der Waals surface area contributed by atoms with E-state index in [0.717, 1.165) is 0 Å². The Labute approximate surface area is 46.0 Å². The van der Waals surface area contributed by atoms with Gasteiger partial charge in [0.2, 0.25) is 0 Å². The Morgan fingerprint density at radius 1 is 1.50 bits per heavy atom. The molecule has 0 spiro atoms. The number of hydrogen-bond acceptors (Lipinski definition) is 0. The van der Waals surface area contributed by atoms with E-state index in [1.165, 1.54) is 0 Å². The normalized spacial score (nSPS) is 7.00. The van der Waals surface area contributed by atoms with Gasteiger partial charge in [0.15, 0.2) is 0 Å². The molecule has 0 fully saturated rings. The second-order valence-corrected chi connectivity index (χ2v) is 2.98. The molecule has 0 aliphatic carbocycles. The first-order valence-corrected chi connectivity index (χ1v) is 2.16. The standard InChI is InChI=1S/CCl2.Ti/c2-1-3;/q;+2. The van der Waals surface area contributed by atoms with E-state index < -0.39 is 0 Å². The van der Waals surface area contributed by atoms with E-state index >= 15 is 0 Å². The molecule has 0 atom stereocenters. The zero-order valence-corrected chi connectivity index (χ0v) is 4.83. The molecule has 0 N–H and O–H groups in total. The summed E-state index contributed by atoms with van der Waals surface area (Å²) in [6, 6.07) is 0. The van der Waals surface area contributed by atoms with Gasteiger partial charge < -0.3 is 0 Å². The third-order valence-electron chi connectivity index (χ3n) is 0. The van der Waals surface area contributed by atoms with Crippen LogP contribution in [0.25, 0.3) is 0 Å². The van der Waals surface area contributed by atoms with Gasteiger partial charge in [-0.05, 0) is 0 Å². The average molecular weight is 131 g/mol. The Kier molecular flexibility index (Phi) is 3.10. The SMILES string of the molecule is Cl[C](Cl)=[Ti+2]. The fourth-order valence-electron chi connectivity index (χ4n) is 0. The molecule has 0 bridgehead atoms. The van der Waals surface area contributed by atoms with Crippen LogP contribution in [0.5, 0.6) is 0 Å². The maximum atomic E-state index is 4.96. The van der Waals surface area contributed by atoms with E-state index in [0.29, 0.717) is 2.73 Å². The van der Waals surface area contributed by atoms with E-state index in [9.17, 15) is 0 Å². The van der Waals surface area contributed by atoms with Crippen molar-refractivity contribution in [2.45, 2.75) is 0 Å². The predicted octanol–water partition coefficient (Wildman–Crippen LogP) is 1.10. The summed E-state index contributed by atoms with van der Waals surface area (Å²) in [5, 5.41) is 0. The third-order valence-corrected chi connectivity index (χ3v) is 0. The molecule has 0 rings (SSSR count). The van der Waals surface area contributed by atoms with Gasteiger partial charge in [0.05, 0.1) is 0 Å². The van der Waals surface area contributed by atoms with E-state index in [2.05, 4.69) is 0 Å². The summed E-state index contributed by atoms with van der Waals surface area (Å²) in [4.78, 5) is 0. The minimum atomic E-state index is 0.361. The second-order valence-electron chi connectivity index (χ2n) is 0.260. The van der Waals surface area contributed by atoms with Crippen molar-refractivity contribution in [2.75, 3.05) is 0 Å². The van der Waals surface area contributed by atoms with Crippen molar-refractivity contribution in [3.05, 3.63) is 0 Å². The summed E-state index contributed by atoms with van der Waals surface area (Å²) in [6.07, 6.45) is 0. The topological polar surface area (TPSA) is 0 Å². The van der Waals surface area contributed by atoms with Crippen molar-refractivity contribution in [3.8, 4) is 0 Å². The maximum absolute atomic E-state index is 4.96. The summed E-state index contributed by atoms with van der Waals surface area (Å²) < 4.78 is 0.361. The molecule has 3 heteroatoms. The van der Waals surface area contributed by atoms with Crippen LogP contribution >= 0.6 is 23.2 Å². The van der Waals surface area contributed by atoms with Crippen molar-refractivity contribution < 1.29 is 20.0 Å². The van der Waals surface area contributed by atoms with E-state index in [1.54, 1.807) is 20.0 Å². The first-order valence-electron chi connectivity index (χ1n) is 0.628. The Morgan fingerprint density at radius 3 is 1.50 bits per heavy atom. The van der Waals surface area contributed by atoms with Gasteiger partial charge in [0.1, 0.15) is 0 Å². The zero-order valence-electron chi connectivity index (χ0n) is 1.76. The van der Waals surface area contributed by atoms with Crippen LogP contribution in [0.2, 0.25) is 0 Å². The zero-order chi connectivity index (χ0) is 3.58. The number of halogens is 2. The van der Waals surface area contributed by atoms with Crippen molar-refractivity contribution in [1.29, 1.82) is 0 Å². The van der Waals surface area contributed by atoms with Crippen LogP contribution in [0, 0.1) is 0 Å². The first kappa shape index (κ1) is 5.16. The van der Waals surface area contributed by atoms with E-state index in [1.807, 2.05) is 0 Å². The summed E-state index contributed by atoms with van der Waals surface area (Å²) in [7, 11) is 0. The first-order chi connectivity index (χ1) is 1.73. The molecule has 0 aromatic carbocycles. The van der Waals surface area contributed by atoms with Gasteiger partial charge in [-0.3, -0.25) is 0 Å². The summed E-state index contributed by atoms with van der Waals surface area (Å²) in [6.45, 7) is 0. The molecule has 0 nitrogen and oxygen atoms in total. The summed E-state index contributed by atoms with van der Waals surface area (Å²) in [5.41, 5.74) is 0. The molecule has 0 aliphatic rings. The molecule has 0 unspecified atom stereocenters. The number of hydrogen-bond donors (Lipinski definition) is 0. The third kappa shape index (κ3) is 10.9. The van der Waals surface area contributed by atoms with E-state index in [-0.39, 0.29) is 0 Å². The fraction of sp³-hybridized carbons (Fsp3) is 0. The van der Waals surface area contributed by atoms with Crippen LogP contribution in [-0.4, -0.2) is 2.73 Å². The van der Waals surface area contributed by atoms with Crippen LogP contribution in [-0.2, 0) is 20.0 Å². The molecular formula is CCl2Ti+2. The average Bonchev–Trinajstić information content (AvgIpc) is 0.811. The molecule has 0 aliphatic heterocycles. The van der Waals surface area contributed by atoms with Gasteiger partial charge in [-0.2, -0.15) is 0 Å². The van der Waals surface area contributed by atoms with Gasteiger partial charge in [-0.25, -0.2) is 0 Å². The van der Waals surface area contributed by atoms with Gasteiger partial charge in [0, 0.05) is 0 Å². The van der Waals surface area contributed by atoms with Crippen molar-refractivity contribution in [3.63, 3.8) is 0 Å². The monoisotopic (exact) mass is 130 g/mol. The van der Waals surface area contributed by atoms with Gasteiger partial charge in [0.25, 0.3) is 0 Å². The quantitative estimate of drug-likeness (QED) is 0.431. The van der Waals surface area contributed by atoms with Crippen LogP contribution in [0.15, 0.2) is 0 Å². The molecule has 4 heavy (non-hydrogen) atoms. The fourth-order valence-corrected chi connectivity index (χ4v) is 0.